The molecule has 0 spiro atoms. The van der Waals surface area contributed by atoms with E-state index < -0.39 is 0 Å². The van der Waals surface area contributed by atoms with Crippen LogP contribution in [0.5, 0.6) is 0 Å². The van der Waals surface area contributed by atoms with Crippen LogP contribution < -0.4 is 0 Å². The van der Waals surface area contributed by atoms with Crippen LogP contribution in [0.25, 0.3) is 0 Å². The van der Waals surface area contributed by atoms with Crippen molar-refractivity contribution in [3.05, 3.63) is 47.0 Å². The summed E-state index contributed by atoms with van der Waals surface area (Å²) in [6.45, 7) is 0.741. The molecule has 2 heterocycles. The van der Waals surface area contributed by atoms with Crippen LogP contribution in [0.3, 0.4) is 0 Å². The number of aromatic nitrogens is 3. The number of carbonyl (C=O) groups excluding carboxylic acids is 1. The Hall–Kier alpha value is -1.97. The number of ketones is 1. The van der Waals surface area contributed by atoms with Crippen LogP contribution in [0.2, 0.25) is 0 Å². The van der Waals surface area contributed by atoms with E-state index in [0.717, 1.165) is 30.6 Å². The molecule has 2 aliphatic rings. The van der Waals surface area contributed by atoms with Gasteiger partial charge in [0.1, 0.15) is 0 Å². The molecule has 0 bridgehead atoms. The lowest BCUT2D eigenvalue weighted by Crippen LogP contribution is -2.15. The van der Waals surface area contributed by atoms with Gasteiger partial charge in [-0.15, -0.1) is 0 Å². The molecule has 0 N–H and O–H groups in total. The molecule has 0 saturated heterocycles. The maximum Gasteiger partial charge on any atom is 0.166 e. The van der Waals surface area contributed by atoms with Gasteiger partial charge in [0, 0.05) is 30.4 Å². The Bertz CT molecular complexity index is 699. The quantitative estimate of drug-likeness (QED) is 0.864. The lowest BCUT2D eigenvalue weighted by atomic mass is 9.82. The van der Waals surface area contributed by atoms with Crippen molar-refractivity contribution in [2.75, 3.05) is 0 Å². The van der Waals surface area contributed by atoms with Crippen molar-refractivity contribution in [1.82, 2.24) is 14.8 Å². The lowest BCUT2D eigenvalue weighted by molar-refractivity contribution is 0.0970. The van der Waals surface area contributed by atoms with Gasteiger partial charge in [0.2, 0.25) is 0 Å². The maximum atomic E-state index is 12.6. The number of nitrogens with zero attached hydrogens (tertiary/aromatic N) is 3. The van der Waals surface area contributed by atoms with Crippen LogP contribution in [0.1, 0.15) is 78.2 Å². The van der Waals surface area contributed by atoms with Gasteiger partial charge in [0.05, 0.1) is 17.8 Å². The zero-order chi connectivity index (χ0) is 15.6. The third-order valence-corrected chi connectivity index (χ3v) is 5.25. The predicted molar refractivity (Wildman–Crippen MR) is 88.7 cm³/mol. The fourth-order valence-corrected chi connectivity index (χ4v) is 4.07. The van der Waals surface area contributed by atoms with Gasteiger partial charge in [0.25, 0.3) is 0 Å². The zero-order valence-corrected chi connectivity index (χ0v) is 13.5. The Morgan fingerprint density at radius 1 is 1.04 bits per heavy atom. The Morgan fingerprint density at radius 3 is 2.61 bits per heavy atom. The monoisotopic (exact) mass is 309 g/mol. The Labute approximate surface area is 136 Å². The second-order valence-electron chi connectivity index (χ2n) is 6.83. The normalized spacial score (nSPS) is 18.9. The summed E-state index contributed by atoms with van der Waals surface area (Å²) in [5.74, 6) is 0.797. The first-order valence-corrected chi connectivity index (χ1v) is 8.84. The predicted octanol–water partition coefficient (Wildman–Crippen LogP) is 3.89. The zero-order valence-electron chi connectivity index (χ0n) is 13.5. The van der Waals surface area contributed by atoms with Crippen LogP contribution in [-0.2, 0) is 13.0 Å². The first-order valence-electron chi connectivity index (χ1n) is 8.84. The highest BCUT2D eigenvalue weighted by Gasteiger charge is 2.31. The minimum Gasteiger partial charge on any atom is -0.294 e. The second kappa shape index (κ2) is 6.26. The standard InChI is InChI=1S/C19H23N3O/c23-17-8-4-7-16-18(17)19(15-5-2-1-3-6-15)21-22(16)13-14-9-11-20-12-10-14/h9-12,15H,1-8,13H2. The second-order valence-corrected chi connectivity index (χ2v) is 6.83. The van der Waals surface area contributed by atoms with Crippen LogP contribution in [0.4, 0.5) is 0 Å². The molecule has 2 aromatic rings. The van der Waals surface area contributed by atoms with Gasteiger partial charge >= 0.3 is 0 Å². The highest BCUT2D eigenvalue weighted by Crippen LogP contribution is 2.37. The summed E-state index contributed by atoms with van der Waals surface area (Å²) in [5, 5.41) is 4.94. The Balaban J connectivity index is 1.73. The van der Waals surface area contributed by atoms with Crippen molar-refractivity contribution in [3.63, 3.8) is 0 Å². The SMILES string of the molecule is O=C1CCCc2c1c(C1CCCCC1)nn2Cc1ccncc1. The van der Waals surface area contributed by atoms with E-state index in [2.05, 4.69) is 9.67 Å². The van der Waals surface area contributed by atoms with E-state index in [1.54, 1.807) is 0 Å². The van der Waals surface area contributed by atoms with Crippen molar-refractivity contribution < 1.29 is 4.79 Å². The third kappa shape index (κ3) is 2.82. The molecule has 4 heteroatoms. The van der Waals surface area contributed by atoms with E-state index in [1.165, 1.54) is 43.4 Å². The van der Waals surface area contributed by atoms with Gasteiger partial charge in [0.15, 0.2) is 5.78 Å². The maximum absolute atomic E-state index is 12.6. The molecule has 1 saturated carbocycles. The molecule has 4 nitrogen and oxygen atoms in total. The summed E-state index contributed by atoms with van der Waals surface area (Å²) < 4.78 is 2.09. The van der Waals surface area contributed by atoms with E-state index in [9.17, 15) is 4.79 Å². The molecule has 4 rings (SSSR count). The van der Waals surface area contributed by atoms with Gasteiger partial charge in [-0.3, -0.25) is 14.5 Å². The first-order chi connectivity index (χ1) is 11.3. The average Bonchev–Trinajstić information content (AvgIpc) is 2.97. The van der Waals surface area contributed by atoms with Crippen LogP contribution in [-0.4, -0.2) is 20.5 Å². The van der Waals surface area contributed by atoms with Crippen molar-refractivity contribution in [2.45, 2.75) is 63.8 Å². The number of Topliss-reactive ketones (excluding diaryl/α,β-unsaturated/α-hetero) is 1. The number of pyridine rings is 1. The minimum absolute atomic E-state index is 0.313. The summed E-state index contributed by atoms with van der Waals surface area (Å²) in [7, 11) is 0. The fraction of sp³-hybridized carbons (Fsp3) is 0.526. The van der Waals surface area contributed by atoms with Crippen molar-refractivity contribution in [3.8, 4) is 0 Å². The highest BCUT2D eigenvalue weighted by atomic mass is 16.1. The molecule has 0 aliphatic heterocycles. The summed E-state index contributed by atoms with van der Waals surface area (Å²) in [6.07, 6.45) is 12.5. The molecule has 23 heavy (non-hydrogen) atoms. The van der Waals surface area contributed by atoms with Crippen molar-refractivity contribution >= 4 is 5.78 Å². The van der Waals surface area contributed by atoms with Crippen molar-refractivity contribution in [2.24, 2.45) is 0 Å². The largest absolute Gasteiger partial charge is 0.294 e. The smallest absolute Gasteiger partial charge is 0.166 e. The molecule has 0 atom stereocenters. The number of carbonyl (C=O) groups is 1. The number of rotatable bonds is 3. The summed E-state index contributed by atoms with van der Waals surface area (Å²) >= 11 is 0. The molecular weight excluding hydrogens is 286 g/mol. The topological polar surface area (TPSA) is 47.8 Å². The summed E-state index contributed by atoms with van der Waals surface area (Å²) in [4.78, 5) is 16.6. The third-order valence-electron chi connectivity index (χ3n) is 5.25. The first kappa shape index (κ1) is 14.6. The van der Waals surface area contributed by atoms with E-state index in [0.29, 0.717) is 18.1 Å². The van der Waals surface area contributed by atoms with Gasteiger partial charge in [-0.2, -0.15) is 5.10 Å². The van der Waals surface area contributed by atoms with Gasteiger partial charge < -0.3 is 0 Å². The van der Waals surface area contributed by atoms with Gasteiger partial charge in [-0.1, -0.05) is 19.3 Å². The average molecular weight is 309 g/mol. The summed E-state index contributed by atoms with van der Waals surface area (Å²) in [5.41, 5.74) is 4.42. The lowest BCUT2D eigenvalue weighted by Gasteiger charge is -2.21. The van der Waals surface area contributed by atoms with Gasteiger partial charge in [-0.25, -0.2) is 0 Å². The van der Waals surface area contributed by atoms with Crippen molar-refractivity contribution in [1.29, 1.82) is 0 Å². The van der Waals surface area contributed by atoms with E-state index >= 15 is 0 Å². The molecule has 2 aliphatic carbocycles. The molecule has 0 amide bonds. The minimum atomic E-state index is 0.313. The van der Waals surface area contributed by atoms with E-state index in [1.807, 2.05) is 24.5 Å². The van der Waals surface area contributed by atoms with E-state index in [-0.39, 0.29) is 0 Å². The fourth-order valence-electron chi connectivity index (χ4n) is 4.07. The van der Waals surface area contributed by atoms with Crippen LogP contribution in [0.15, 0.2) is 24.5 Å². The highest BCUT2D eigenvalue weighted by molar-refractivity contribution is 5.99. The molecule has 120 valence electrons. The summed E-state index contributed by atoms with van der Waals surface area (Å²) in [6, 6.07) is 4.05. The van der Waals surface area contributed by atoms with Crippen LogP contribution >= 0.6 is 0 Å². The van der Waals surface area contributed by atoms with Gasteiger partial charge in [-0.05, 0) is 43.4 Å². The Morgan fingerprint density at radius 2 is 1.83 bits per heavy atom. The molecule has 0 aromatic carbocycles. The molecule has 0 unspecified atom stereocenters. The number of hydrogen-bond acceptors (Lipinski definition) is 3. The number of hydrogen-bond donors (Lipinski definition) is 0. The number of fused-ring (bicyclic) bond motifs is 1. The molecular formula is C19H23N3O. The molecule has 0 radical (unpaired) electrons. The Kier molecular flexibility index (Phi) is 3.98. The van der Waals surface area contributed by atoms with E-state index in [4.69, 9.17) is 5.10 Å². The molecule has 1 fully saturated rings. The van der Waals surface area contributed by atoms with Crippen LogP contribution in [0, 0.1) is 0 Å². The molecule has 2 aromatic heterocycles.